The van der Waals surface area contributed by atoms with Crippen LogP contribution in [-0.2, 0) is 11.2 Å². The fraction of sp³-hybridized carbons (Fsp3) is 0.481. The highest BCUT2D eigenvalue weighted by Crippen LogP contribution is 2.17. The van der Waals surface area contributed by atoms with E-state index in [-0.39, 0.29) is 30.1 Å². The number of halogens is 2. The monoisotopic (exact) mass is 506 g/mol. The molecule has 0 aliphatic heterocycles. The molecule has 0 saturated heterocycles. The predicted octanol–water partition coefficient (Wildman–Crippen LogP) is 3.24. The summed E-state index contributed by atoms with van der Waals surface area (Å²) in [6.07, 6.45) is -1.40. The van der Waals surface area contributed by atoms with Crippen LogP contribution in [0.2, 0.25) is 0 Å². The third-order valence-electron chi connectivity index (χ3n) is 5.70. The van der Waals surface area contributed by atoms with Crippen LogP contribution in [-0.4, -0.2) is 72.0 Å². The zero-order chi connectivity index (χ0) is 26.8. The Kier molecular flexibility index (Phi) is 11.4. The van der Waals surface area contributed by atoms with Gasteiger partial charge < -0.3 is 25.2 Å². The molecule has 0 heterocycles. The lowest BCUT2D eigenvalue weighted by atomic mass is 9.96. The van der Waals surface area contributed by atoms with Gasteiger partial charge in [-0.05, 0) is 67.6 Å². The molecule has 0 saturated carbocycles. The third-order valence-corrected chi connectivity index (χ3v) is 5.70. The summed E-state index contributed by atoms with van der Waals surface area (Å²) in [5.74, 6) is -2.38. The molecule has 36 heavy (non-hydrogen) atoms. The van der Waals surface area contributed by atoms with E-state index in [1.54, 1.807) is 24.0 Å². The van der Waals surface area contributed by atoms with E-state index in [4.69, 9.17) is 4.74 Å². The molecule has 0 aliphatic rings. The van der Waals surface area contributed by atoms with E-state index >= 15 is 0 Å². The predicted molar refractivity (Wildman–Crippen MR) is 133 cm³/mol. The van der Waals surface area contributed by atoms with E-state index in [2.05, 4.69) is 5.32 Å². The first-order chi connectivity index (χ1) is 17.1. The van der Waals surface area contributed by atoms with Crippen molar-refractivity contribution in [3.8, 4) is 0 Å². The van der Waals surface area contributed by atoms with E-state index in [0.717, 1.165) is 31.0 Å². The van der Waals surface area contributed by atoms with Crippen LogP contribution in [0.4, 0.5) is 8.78 Å². The molecule has 0 fully saturated rings. The highest BCUT2D eigenvalue weighted by molar-refractivity contribution is 6.00. The van der Waals surface area contributed by atoms with Crippen LogP contribution in [0.3, 0.4) is 0 Å². The minimum atomic E-state index is -1.49. The van der Waals surface area contributed by atoms with Crippen LogP contribution in [0.15, 0.2) is 36.4 Å². The van der Waals surface area contributed by atoms with Gasteiger partial charge in [0.15, 0.2) is 0 Å². The number of nitrogens with one attached hydrogen (secondary N) is 1. The Bertz CT molecular complexity index is 1010. The van der Waals surface area contributed by atoms with Crippen molar-refractivity contribution in [3.05, 3.63) is 70.3 Å². The molecule has 0 radical (unpaired) electrons. The summed E-state index contributed by atoms with van der Waals surface area (Å²) >= 11 is 0. The van der Waals surface area contributed by atoms with Gasteiger partial charge in [-0.25, -0.2) is 8.78 Å². The fourth-order valence-corrected chi connectivity index (χ4v) is 4.10. The van der Waals surface area contributed by atoms with Crippen molar-refractivity contribution in [1.29, 1.82) is 0 Å². The van der Waals surface area contributed by atoms with E-state index < -0.39 is 35.8 Å². The van der Waals surface area contributed by atoms with Crippen LogP contribution in [0.5, 0.6) is 0 Å². The van der Waals surface area contributed by atoms with E-state index in [1.165, 1.54) is 13.2 Å². The largest absolute Gasteiger partial charge is 0.388 e. The van der Waals surface area contributed by atoms with E-state index in [0.29, 0.717) is 24.2 Å². The molecule has 3 N–H and O–H groups in total. The molecule has 2 aromatic carbocycles. The summed E-state index contributed by atoms with van der Waals surface area (Å²) in [5, 5.41) is 23.6. The Morgan fingerprint density at radius 2 is 1.56 bits per heavy atom. The summed E-state index contributed by atoms with van der Waals surface area (Å²) in [7, 11) is 1.34. The Morgan fingerprint density at radius 3 is 2.11 bits per heavy atom. The van der Waals surface area contributed by atoms with Crippen LogP contribution in [0, 0.1) is 18.6 Å². The third kappa shape index (κ3) is 8.36. The van der Waals surface area contributed by atoms with Crippen molar-refractivity contribution in [3.63, 3.8) is 0 Å². The number of aliphatic hydroxyl groups is 2. The number of carbonyl (C=O) groups is 2. The first kappa shape index (κ1) is 29.4. The van der Waals surface area contributed by atoms with E-state index in [9.17, 15) is 28.6 Å². The molecule has 3 atom stereocenters. The minimum absolute atomic E-state index is 0.152. The molecule has 198 valence electrons. The zero-order valence-corrected chi connectivity index (χ0v) is 21.3. The Labute approximate surface area is 211 Å². The highest BCUT2D eigenvalue weighted by Gasteiger charge is 2.29. The number of hydrogen-bond acceptors (Lipinski definition) is 5. The fourth-order valence-electron chi connectivity index (χ4n) is 4.10. The number of amides is 2. The molecule has 0 bridgehead atoms. The van der Waals surface area contributed by atoms with Gasteiger partial charge in [0.2, 0.25) is 0 Å². The summed E-state index contributed by atoms with van der Waals surface area (Å²) in [6.45, 7) is 6.72. The Morgan fingerprint density at radius 1 is 0.972 bits per heavy atom. The maximum absolute atomic E-state index is 13.7. The number of nitrogens with zero attached hydrogens (tertiary/aromatic N) is 1. The molecular weight excluding hydrogens is 470 g/mol. The first-order valence-corrected chi connectivity index (χ1v) is 12.1. The second kappa shape index (κ2) is 14.0. The SMILES string of the molecule is CCCN(CCC)C(=O)c1cc(C)cc(C(=O)NC(Cc2cc(F)cc(F)c2)C(O)C(O)COC)c1. The van der Waals surface area contributed by atoms with Gasteiger partial charge in [-0.2, -0.15) is 0 Å². The molecule has 9 heteroatoms. The van der Waals surface area contributed by atoms with Gasteiger partial charge in [0.1, 0.15) is 23.8 Å². The number of ether oxygens (including phenoxy) is 1. The maximum Gasteiger partial charge on any atom is 0.253 e. The molecule has 2 rings (SSSR count). The maximum atomic E-state index is 13.7. The Balaban J connectivity index is 2.34. The molecule has 0 aromatic heterocycles. The summed E-state index contributed by atoms with van der Waals surface area (Å²) in [6, 6.07) is 6.61. The summed E-state index contributed by atoms with van der Waals surface area (Å²) in [4.78, 5) is 28.0. The lowest BCUT2D eigenvalue weighted by molar-refractivity contribution is -0.0407. The molecular formula is C27H36F2N2O5. The quantitative estimate of drug-likeness (QED) is 0.387. The van der Waals surface area contributed by atoms with Gasteiger partial charge in [0.25, 0.3) is 11.8 Å². The van der Waals surface area contributed by atoms with Crippen molar-refractivity contribution in [2.45, 2.75) is 58.3 Å². The first-order valence-electron chi connectivity index (χ1n) is 12.1. The van der Waals surface area contributed by atoms with Gasteiger partial charge in [0.05, 0.1) is 12.6 Å². The number of methoxy groups -OCH3 is 1. The van der Waals surface area contributed by atoms with Gasteiger partial charge in [-0.15, -0.1) is 0 Å². The van der Waals surface area contributed by atoms with Crippen LogP contribution < -0.4 is 5.32 Å². The lowest BCUT2D eigenvalue weighted by Crippen LogP contribution is -2.51. The van der Waals surface area contributed by atoms with Gasteiger partial charge >= 0.3 is 0 Å². The molecule has 2 aromatic rings. The number of carbonyl (C=O) groups excluding carboxylic acids is 2. The van der Waals surface area contributed by atoms with Gasteiger partial charge in [-0.3, -0.25) is 9.59 Å². The van der Waals surface area contributed by atoms with Crippen LogP contribution >= 0.6 is 0 Å². The topological polar surface area (TPSA) is 99.1 Å². The normalized spacial score (nSPS) is 13.7. The smallest absolute Gasteiger partial charge is 0.253 e. The highest BCUT2D eigenvalue weighted by atomic mass is 19.1. The molecule has 0 spiro atoms. The standard InChI is InChI=1S/C27H36F2N2O5/c1-5-7-31(8-6-2)27(35)20-10-17(3)9-19(14-20)26(34)30-23(25(33)24(32)16-36-4)13-18-11-21(28)15-22(29)12-18/h9-12,14-15,23-25,32-33H,5-8,13,16H2,1-4H3,(H,30,34). The molecule has 3 unspecified atom stereocenters. The summed E-state index contributed by atoms with van der Waals surface area (Å²) < 4.78 is 32.3. The van der Waals surface area contributed by atoms with Gasteiger partial charge in [-0.1, -0.05) is 13.8 Å². The average Bonchev–Trinajstić information content (AvgIpc) is 2.81. The van der Waals surface area contributed by atoms with Gasteiger partial charge in [0, 0.05) is 37.4 Å². The lowest BCUT2D eigenvalue weighted by Gasteiger charge is -2.28. The number of benzene rings is 2. The van der Waals surface area contributed by atoms with Crippen molar-refractivity contribution >= 4 is 11.8 Å². The summed E-state index contributed by atoms with van der Waals surface area (Å²) in [5.41, 5.74) is 1.44. The number of aliphatic hydroxyl groups excluding tert-OH is 2. The van der Waals surface area contributed by atoms with Crippen molar-refractivity contribution in [1.82, 2.24) is 10.2 Å². The second-order valence-electron chi connectivity index (χ2n) is 8.95. The molecule has 2 amide bonds. The molecule has 0 aliphatic carbocycles. The van der Waals surface area contributed by atoms with Crippen molar-refractivity contribution in [2.24, 2.45) is 0 Å². The average molecular weight is 507 g/mol. The minimum Gasteiger partial charge on any atom is -0.388 e. The van der Waals surface area contributed by atoms with Crippen LogP contribution in [0.1, 0.15) is 58.5 Å². The Hall–Kier alpha value is -2.88. The number of aryl methyl sites for hydroxylation is 1. The number of rotatable bonds is 13. The number of hydrogen-bond donors (Lipinski definition) is 3. The van der Waals surface area contributed by atoms with E-state index in [1.807, 2.05) is 13.8 Å². The second-order valence-corrected chi connectivity index (χ2v) is 8.95. The van der Waals surface area contributed by atoms with Crippen molar-refractivity contribution < 1.29 is 33.3 Å². The van der Waals surface area contributed by atoms with Crippen LogP contribution in [0.25, 0.3) is 0 Å². The molecule has 7 nitrogen and oxygen atoms in total. The van der Waals surface area contributed by atoms with Crippen molar-refractivity contribution in [2.75, 3.05) is 26.8 Å². The zero-order valence-electron chi connectivity index (χ0n) is 21.3.